The van der Waals surface area contributed by atoms with Crippen LogP contribution in [0.4, 0.5) is 11.5 Å². The van der Waals surface area contributed by atoms with Crippen molar-refractivity contribution >= 4 is 33.1 Å². The fourth-order valence-electron chi connectivity index (χ4n) is 1.80. The Balaban J connectivity index is 2.27. The summed E-state index contributed by atoms with van der Waals surface area (Å²) in [7, 11) is -4.01. The van der Waals surface area contributed by atoms with Gasteiger partial charge in [0.05, 0.1) is 0 Å². The maximum atomic E-state index is 12.7. The van der Waals surface area contributed by atoms with Gasteiger partial charge < -0.3 is 5.73 Å². The van der Waals surface area contributed by atoms with Gasteiger partial charge in [0.2, 0.25) is 0 Å². The van der Waals surface area contributed by atoms with Crippen LogP contribution in [0.25, 0.3) is 0 Å². The summed E-state index contributed by atoms with van der Waals surface area (Å²) in [5.41, 5.74) is 6.23. The van der Waals surface area contributed by atoms with Crippen LogP contribution in [-0.4, -0.2) is 18.6 Å². The van der Waals surface area contributed by atoms with Crippen molar-refractivity contribution in [2.24, 2.45) is 0 Å². The zero-order valence-electron chi connectivity index (χ0n) is 15.0. The molecule has 0 aliphatic carbocycles. The molecule has 6 nitrogen and oxygen atoms in total. The minimum atomic E-state index is -4.01. The number of aromatic nitrogens is 2. The summed E-state index contributed by atoms with van der Waals surface area (Å²) >= 11 is 5.65. The highest BCUT2D eigenvalue weighted by atomic mass is 35.5. The second-order valence-corrected chi connectivity index (χ2v) is 7.03. The first-order valence-electron chi connectivity index (χ1n) is 7.80. The normalized spacial score (nSPS) is 8.53. The predicted octanol–water partition coefficient (Wildman–Crippen LogP) is 1.51. The first kappa shape index (κ1) is 21.8. The molecule has 0 saturated carbocycles. The molecule has 0 aliphatic rings. The quantitative estimate of drug-likeness (QED) is 0.566. The zero-order valence-corrected chi connectivity index (χ0v) is 16.6. The lowest BCUT2D eigenvalue weighted by Crippen LogP contribution is -2.15. The molecular formula is C22H9ClN4O2S. The van der Waals surface area contributed by atoms with Gasteiger partial charge in [0.1, 0.15) is 4.90 Å². The summed E-state index contributed by atoms with van der Waals surface area (Å²) in [6.45, 7) is 0. The van der Waals surface area contributed by atoms with Crippen molar-refractivity contribution in [2.45, 2.75) is 4.90 Å². The van der Waals surface area contributed by atoms with E-state index in [2.05, 4.69) is 80.0 Å². The molecule has 1 aromatic heterocycles. The van der Waals surface area contributed by atoms with Crippen LogP contribution in [0.5, 0.6) is 0 Å². The average Bonchev–Trinajstić information content (AvgIpc) is 2.71. The van der Waals surface area contributed by atoms with Crippen LogP contribution in [0, 0.1) is 71.5 Å². The lowest BCUT2D eigenvalue weighted by molar-refractivity contribution is 0.600. The van der Waals surface area contributed by atoms with Crippen molar-refractivity contribution in [1.82, 2.24) is 10.2 Å². The predicted molar refractivity (Wildman–Crippen MR) is 116 cm³/mol. The third-order valence-electron chi connectivity index (χ3n) is 2.93. The van der Waals surface area contributed by atoms with Crippen LogP contribution in [0.2, 0.25) is 5.15 Å². The molecule has 1 heterocycles. The fraction of sp³-hybridized carbons (Fsp3) is 0. The monoisotopic (exact) mass is 432 g/mol. The number of sulfonamides is 1. The summed E-state index contributed by atoms with van der Waals surface area (Å²) < 4.78 is 27.7. The Kier molecular flexibility index (Phi) is 7.80. The molecule has 0 unspecified atom stereocenters. The maximum absolute atomic E-state index is 12.7. The Hall–Kier alpha value is -4.50. The fourth-order valence-corrected chi connectivity index (χ4v) is 3.04. The number of nitrogens with zero attached hydrogens (tertiary/aromatic N) is 2. The van der Waals surface area contributed by atoms with E-state index >= 15 is 0 Å². The topological polar surface area (TPSA) is 98.0 Å². The van der Waals surface area contributed by atoms with Gasteiger partial charge in [-0.1, -0.05) is 17.5 Å². The van der Waals surface area contributed by atoms with Gasteiger partial charge in [0, 0.05) is 11.3 Å². The number of anilines is 2. The number of rotatable bonds is 3. The minimum absolute atomic E-state index is 0.00163. The van der Waals surface area contributed by atoms with Crippen LogP contribution in [-0.2, 0) is 10.0 Å². The van der Waals surface area contributed by atoms with Gasteiger partial charge in [-0.25, -0.2) is 8.42 Å². The van der Waals surface area contributed by atoms with Crippen LogP contribution in [0.1, 0.15) is 5.56 Å². The number of nitrogen functional groups attached to an aromatic ring is 1. The van der Waals surface area contributed by atoms with Crippen molar-refractivity contribution in [1.29, 1.82) is 0 Å². The van der Waals surface area contributed by atoms with E-state index in [0.29, 0.717) is 5.69 Å². The molecule has 0 saturated heterocycles. The third kappa shape index (κ3) is 6.91. The van der Waals surface area contributed by atoms with E-state index in [-0.39, 0.29) is 21.4 Å². The van der Waals surface area contributed by atoms with Gasteiger partial charge in [-0.15, -0.1) is 16.6 Å². The van der Waals surface area contributed by atoms with Crippen LogP contribution in [0.15, 0.2) is 35.2 Å². The molecule has 142 valence electrons. The van der Waals surface area contributed by atoms with E-state index in [0.717, 1.165) is 0 Å². The second kappa shape index (κ2) is 10.7. The highest BCUT2D eigenvalue weighted by Gasteiger charge is 2.19. The molecular weight excluding hydrogens is 424 g/mol. The minimum Gasteiger partial charge on any atom is -0.399 e. The molecule has 0 aliphatic heterocycles. The molecule has 0 amide bonds. The summed E-state index contributed by atoms with van der Waals surface area (Å²) in [6.07, 6.45) is 4.94. The molecule has 0 atom stereocenters. The van der Waals surface area contributed by atoms with E-state index in [1.54, 1.807) is 0 Å². The molecule has 0 radical (unpaired) electrons. The largest absolute Gasteiger partial charge is 0.399 e. The summed E-state index contributed by atoms with van der Waals surface area (Å²) in [5, 5.41) is 7.38. The van der Waals surface area contributed by atoms with E-state index in [4.69, 9.17) is 23.8 Å². The standard InChI is InChI=1S/C22H9ClN4O2S/c1-2-3-4-5-6-7-8-9-10-11-12-18-17-19(24)13-14-20(18)30(28,29)27-22-16-15-21(23)25-26-22/h1,13-17H,24H2,(H,26,27)/i13+1,14+1,17+1,19+1. The molecule has 8 heteroatoms. The van der Waals surface area contributed by atoms with Crippen molar-refractivity contribution < 1.29 is 8.42 Å². The third-order valence-corrected chi connectivity index (χ3v) is 4.55. The molecule has 0 spiro atoms. The zero-order chi connectivity index (χ0) is 21.8. The van der Waals surface area contributed by atoms with Crippen LogP contribution < -0.4 is 10.5 Å². The van der Waals surface area contributed by atoms with Crippen molar-refractivity contribution in [3.05, 3.63) is 41.0 Å². The Morgan fingerprint density at radius 3 is 2.13 bits per heavy atom. The van der Waals surface area contributed by atoms with Gasteiger partial charge in [0.15, 0.2) is 11.0 Å². The van der Waals surface area contributed by atoms with Gasteiger partial charge in [-0.05, 0) is 89.5 Å². The van der Waals surface area contributed by atoms with Gasteiger partial charge in [-0.2, -0.15) is 0 Å². The number of halogens is 1. The Bertz CT molecular complexity index is 1430. The SMILES string of the molecule is C#CC#CC#CC#CC#CC#Cc1[13cH][13c](N)[13cH][13cH]c1S(=O)(=O)Nc1ccc(Cl)nn1. The maximum Gasteiger partial charge on any atom is 0.264 e. The second-order valence-electron chi connectivity index (χ2n) is 5.00. The van der Waals surface area contributed by atoms with Gasteiger partial charge >= 0.3 is 0 Å². The Labute approximate surface area is 179 Å². The first-order chi connectivity index (χ1) is 14.4. The number of hydrogen-bond donors (Lipinski definition) is 2. The van der Waals surface area contributed by atoms with Crippen LogP contribution in [0.3, 0.4) is 0 Å². The van der Waals surface area contributed by atoms with Gasteiger partial charge in [-0.3, -0.25) is 4.72 Å². The molecule has 2 aromatic rings. The Morgan fingerprint density at radius 2 is 1.53 bits per heavy atom. The van der Waals surface area contributed by atoms with Crippen molar-refractivity contribution in [2.75, 3.05) is 10.5 Å². The number of nitrogens with two attached hydrogens (primary N) is 1. The average molecular weight is 433 g/mol. The number of terminal acetylenes is 1. The molecule has 30 heavy (non-hydrogen) atoms. The number of benzene rings is 1. The molecule has 0 fully saturated rings. The van der Waals surface area contributed by atoms with E-state index < -0.39 is 10.0 Å². The lowest BCUT2D eigenvalue weighted by atomic mass is 10.4. The molecule has 1 aromatic carbocycles. The van der Waals surface area contributed by atoms with Crippen molar-refractivity contribution in [3.63, 3.8) is 0 Å². The number of hydrogen-bond acceptors (Lipinski definition) is 5. The van der Waals surface area contributed by atoms with Gasteiger partial charge in [0.25, 0.3) is 10.0 Å². The summed E-state index contributed by atoms with van der Waals surface area (Å²) in [4.78, 5) is -0.105. The lowest BCUT2D eigenvalue weighted by Gasteiger charge is -2.09. The molecule has 2 rings (SSSR count). The van der Waals surface area contributed by atoms with E-state index in [9.17, 15) is 8.42 Å². The summed E-state index contributed by atoms with van der Waals surface area (Å²) in [5.74, 6) is 26.7. The highest BCUT2D eigenvalue weighted by Crippen LogP contribution is 2.20. The van der Waals surface area contributed by atoms with Crippen LogP contribution >= 0.6 is 11.6 Å². The highest BCUT2D eigenvalue weighted by molar-refractivity contribution is 7.92. The smallest absolute Gasteiger partial charge is 0.264 e. The number of nitrogens with one attached hydrogen (secondary N) is 1. The molecule has 3 N–H and O–H groups in total. The van der Waals surface area contributed by atoms with Crippen molar-refractivity contribution in [3.8, 4) is 71.5 Å². The summed E-state index contributed by atoms with van der Waals surface area (Å²) in [6, 6.07) is 6.95. The Morgan fingerprint density at radius 1 is 0.900 bits per heavy atom. The molecule has 0 bridgehead atoms. The van der Waals surface area contributed by atoms with E-state index in [1.807, 2.05) is 0 Å². The first-order valence-corrected chi connectivity index (χ1v) is 9.66. The van der Waals surface area contributed by atoms with E-state index in [1.165, 1.54) is 30.3 Å².